The quantitative estimate of drug-likeness (QED) is 0.197. The summed E-state index contributed by atoms with van der Waals surface area (Å²) in [6, 6.07) is 0. The third kappa shape index (κ3) is 13.0. The smallest absolute Gasteiger partial charge is 0.404 e. The van der Waals surface area contributed by atoms with Crippen LogP contribution < -0.4 is 16.9 Å². The molecule has 0 heterocycles. The predicted molar refractivity (Wildman–Crippen MR) is 99.4 cm³/mol. The minimum atomic E-state index is -0.981. The van der Waals surface area contributed by atoms with Gasteiger partial charge in [0.1, 0.15) is 12.2 Å². The van der Waals surface area contributed by atoms with E-state index in [9.17, 15) is 14.4 Å². The number of rotatable bonds is 11. The molecule has 0 saturated heterocycles. The first kappa shape index (κ1) is 25.1. The van der Waals surface area contributed by atoms with Crippen molar-refractivity contribution >= 4 is 18.0 Å². The van der Waals surface area contributed by atoms with Crippen molar-refractivity contribution in [1.29, 1.82) is 0 Å². The van der Waals surface area contributed by atoms with Gasteiger partial charge in [0.25, 0.3) is 0 Å². The molecule has 0 aromatic rings. The summed E-state index contributed by atoms with van der Waals surface area (Å²) in [5.74, 6) is -1.81. The number of hydrogen-bond acceptors (Lipinski definition) is 8. The van der Waals surface area contributed by atoms with Crippen LogP contribution >= 0.6 is 0 Å². The molecule has 0 aliphatic rings. The second-order valence-corrected chi connectivity index (χ2v) is 7.61. The van der Waals surface area contributed by atoms with Gasteiger partial charge in [0.2, 0.25) is 0 Å². The van der Waals surface area contributed by atoms with Gasteiger partial charge in [-0.15, -0.1) is 0 Å². The van der Waals surface area contributed by atoms with E-state index in [0.29, 0.717) is 6.54 Å². The zero-order valence-corrected chi connectivity index (χ0v) is 17.0. The monoisotopic (exact) mass is 390 g/mol. The highest BCUT2D eigenvalue weighted by Crippen LogP contribution is 2.14. The van der Waals surface area contributed by atoms with Crippen LogP contribution in [0.4, 0.5) is 4.79 Å². The standard InChI is InChI=1S/C17H34N4O6/c1-16(2,3)26-14(23)13(22)21(11-12-25-15(19)24)10-9-20-27-17(4,5)7-6-8-18/h20H,6-12,18H2,1-5H3,(H2,19,24). The van der Waals surface area contributed by atoms with Gasteiger partial charge in [0.05, 0.1) is 12.1 Å². The third-order valence-corrected chi connectivity index (χ3v) is 3.28. The van der Waals surface area contributed by atoms with Crippen LogP contribution in [0.2, 0.25) is 0 Å². The van der Waals surface area contributed by atoms with Crippen molar-refractivity contribution in [3.05, 3.63) is 0 Å². The Labute approximate surface area is 160 Å². The zero-order chi connectivity index (χ0) is 21.1. The number of nitrogens with two attached hydrogens (primary N) is 2. The van der Waals surface area contributed by atoms with E-state index in [1.165, 1.54) is 4.90 Å². The number of hydrogen-bond donors (Lipinski definition) is 3. The molecular formula is C17H34N4O6. The summed E-state index contributed by atoms with van der Waals surface area (Å²) in [5.41, 5.74) is 12.0. The van der Waals surface area contributed by atoms with Crippen LogP contribution in [0.1, 0.15) is 47.5 Å². The maximum atomic E-state index is 12.3. The molecule has 5 N–H and O–H groups in total. The predicted octanol–water partition coefficient (Wildman–Crippen LogP) is 0.291. The van der Waals surface area contributed by atoms with Crippen molar-refractivity contribution in [2.75, 3.05) is 32.8 Å². The minimum absolute atomic E-state index is 0.000732. The van der Waals surface area contributed by atoms with Gasteiger partial charge >= 0.3 is 18.0 Å². The molecule has 27 heavy (non-hydrogen) atoms. The van der Waals surface area contributed by atoms with E-state index in [4.69, 9.17) is 21.0 Å². The van der Waals surface area contributed by atoms with E-state index >= 15 is 0 Å². The van der Waals surface area contributed by atoms with Crippen LogP contribution in [0, 0.1) is 0 Å². The Morgan fingerprint density at radius 1 is 1.07 bits per heavy atom. The van der Waals surface area contributed by atoms with E-state index in [-0.39, 0.29) is 26.2 Å². The van der Waals surface area contributed by atoms with E-state index in [1.807, 2.05) is 13.8 Å². The van der Waals surface area contributed by atoms with E-state index in [0.717, 1.165) is 12.8 Å². The molecule has 0 unspecified atom stereocenters. The highest BCUT2D eigenvalue weighted by molar-refractivity contribution is 6.32. The molecule has 2 amide bonds. The largest absolute Gasteiger partial charge is 0.453 e. The van der Waals surface area contributed by atoms with Crippen LogP contribution in [0.3, 0.4) is 0 Å². The van der Waals surface area contributed by atoms with Gasteiger partial charge in [-0.3, -0.25) is 9.63 Å². The summed E-state index contributed by atoms with van der Waals surface area (Å²) in [6.45, 7) is 9.67. The Morgan fingerprint density at radius 3 is 2.22 bits per heavy atom. The number of hydroxylamine groups is 1. The van der Waals surface area contributed by atoms with Gasteiger partial charge in [0.15, 0.2) is 0 Å². The Bertz CT molecular complexity index is 490. The molecular weight excluding hydrogens is 356 g/mol. The van der Waals surface area contributed by atoms with Crippen molar-refractivity contribution in [1.82, 2.24) is 10.4 Å². The van der Waals surface area contributed by atoms with Gasteiger partial charge in [0, 0.05) is 13.1 Å². The molecule has 0 bridgehead atoms. The first-order valence-corrected chi connectivity index (χ1v) is 8.93. The molecule has 10 nitrogen and oxygen atoms in total. The zero-order valence-electron chi connectivity index (χ0n) is 17.0. The topological polar surface area (TPSA) is 146 Å². The summed E-state index contributed by atoms with van der Waals surface area (Å²) in [5, 5.41) is 0. The van der Waals surface area contributed by atoms with Gasteiger partial charge in [-0.25, -0.2) is 15.1 Å². The molecule has 158 valence electrons. The highest BCUT2D eigenvalue weighted by Gasteiger charge is 2.28. The number of carbonyl (C=O) groups is 3. The van der Waals surface area contributed by atoms with Gasteiger partial charge in [-0.05, 0) is 54.0 Å². The maximum absolute atomic E-state index is 12.3. The summed E-state index contributed by atoms with van der Waals surface area (Å²) >= 11 is 0. The molecule has 10 heteroatoms. The third-order valence-electron chi connectivity index (χ3n) is 3.28. The number of amides is 2. The average molecular weight is 390 g/mol. The molecule has 0 aromatic heterocycles. The Morgan fingerprint density at radius 2 is 1.70 bits per heavy atom. The number of primary amides is 1. The van der Waals surface area contributed by atoms with E-state index in [2.05, 4.69) is 10.2 Å². The first-order chi connectivity index (χ1) is 12.4. The van der Waals surface area contributed by atoms with Crippen LogP contribution in [-0.2, 0) is 23.9 Å². The fourth-order valence-corrected chi connectivity index (χ4v) is 2.03. The van der Waals surface area contributed by atoms with Crippen LogP contribution in [-0.4, -0.2) is 66.9 Å². The number of carbonyl (C=O) groups excluding carboxylic acids is 3. The van der Waals surface area contributed by atoms with Crippen LogP contribution in [0.15, 0.2) is 0 Å². The van der Waals surface area contributed by atoms with Crippen LogP contribution in [0.25, 0.3) is 0 Å². The molecule has 0 fully saturated rings. The molecule has 0 spiro atoms. The normalized spacial score (nSPS) is 11.8. The van der Waals surface area contributed by atoms with Crippen molar-refractivity contribution < 1.29 is 28.7 Å². The van der Waals surface area contributed by atoms with Gasteiger partial charge < -0.3 is 25.8 Å². The highest BCUT2D eigenvalue weighted by atomic mass is 16.7. The number of esters is 1. The lowest BCUT2D eigenvalue weighted by Crippen LogP contribution is -2.45. The van der Waals surface area contributed by atoms with E-state index < -0.39 is 29.2 Å². The Balaban J connectivity index is 4.64. The first-order valence-electron chi connectivity index (χ1n) is 8.93. The fraction of sp³-hybridized carbons (Fsp3) is 0.824. The Hall–Kier alpha value is -1.91. The van der Waals surface area contributed by atoms with Crippen molar-refractivity contribution in [3.8, 4) is 0 Å². The molecule has 0 atom stereocenters. The van der Waals surface area contributed by atoms with Crippen LogP contribution in [0.5, 0.6) is 0 Å². The van der Waals surface area contributed by atoms with Crippen molar-refractivity contribution in [2.45, 2.75) is 58.7 Å². The summed E-state index contributed by atoms with van der Waals surface area (Å²) in [6.07, 6.45) is 0.633. The molecule has 0 aliphatic carbocycles. The minimum Gasteiger partial charge on any atom is -0.453 e. The summed E-state index contributed by atoms with van der Waals surface area (Å²) in [4.78, 5) is 41.8. The maximum Gasteiger partial charge on any atom is 0.404 e. The second-order valence-electron chi connectivity index (χ2n) is 7.61. The van der Waals surface area contributed by atoms with E-state index in [1.54, 1.807) is 20.8 Å². The lowest BCUT2D eigenvalue weighted by molar-refractivity contribution is -0.168. The molecule has 0 aromatic carbocycles. The Kier molecular flexibility index (Phi) is 10.9. The lowest BCUT2D eigenvalue weighted by atomic mass is 10.0. The molecule has 0 saturated carbocycles. The molecule has 0 rings (SSSR count). The van der Waals surface area contributed by atoms with Crippen molar-refractivity contribution in [3.63, 3.8) is 0 Å². The van der Waals surface area contributed by atoms with Gasteiger partial charge in [-0.2, -0.15) is 0 Å². The number of nitrogens with zero attached hydrogens (tertiary/aromatic N) is 1. The second kappa shape index (κ2) is 11.7. The fourth-order valence-electron chi connectivity index (χ4n) is 2.03. The van der Waals surface area contributed by atoms with Crippen molar-refractivity contribution in [2.24, 2.45) is 11.5 Å². The SMILES string of the molecule is CC(C)(C)OC(=O)C(=O)N(CCNOC(C)(C)CCCN)CCOC(N)=O. The molecule has 0 radical (unpaired) electrons. The number of nitrogens with one attached hydrogen (secondary N) is 1. The number of ether oxygens (including phenoxy) is 2. The average Bonchev–Trinajstić information content (AvgIpc) is 2.52. The summed E-state index contributed by atoms with van der Waals surface area (Å²) in [7, 11) is 0. The lowest BCUT2D eigenvalue weighted by Gasteiger charge is -2.27. The van der Waals surface area contributed by atoms with Gasteiger partial charge in [-0.1, -0.05) is 0 Å². The summed E-state index contributed by atoms with van der Waals surface area (Å²) < 4.78 is 9.72. The molecule has 0 aliphatic heterocycles.